The minimum atomic E-state index is -0.731. The molecule has 98 valence electrons. The maximum Gasteiger partial charge on any atom is 0.307 e. The second kappa shape index (κ2) is 4.85. The molecule has 5 heteroatoms. The molecule has 1 saturated heterocycles. The Bertz CT molecular complexity index is 580. The van der Waals surface area contributed by atoms with Crippen molar-refractivity contribution in [2.45, 2.75) is 12.5 Å². The van der Waals surface area contributed by atoms with Gasteiger partial charge in [0, 0.05) is 30.5 Å². The van der Waals surface area contributed by atoms with Crippen molar-refractivity contribution in [2.75, 3.05) is 6.54 Å². The van der Waals surface area contributed by atoms with Crippen molar-refractivity contribution in [3.63, 3.8) is 0 Å². The molecule has 0 spiro atoms. The number of carbonyl (C=O) groups is 1. The van der Waals surface area contributed by atoms with Crippen LogP contribution in [-0.2, 0) is 4.79 Å². The number of rotatable bonds is 3. The Labute approximate surface area is 110 Å². The standard InChI is InChI=1S/C14H15N3O2/c18-14(19)9-7-12(17-8-9)10-3-1-2-4-11(10)13-15-5-6-16-13/h1-6,9,12,17H,7-8H2,(H,15,16)(H,18,19). The van der Waals surface area contributed by atoms with E-state index < -0.39 is 5.97 Å². The third-order valence-electron chi connectivity index (χ3n) is 3.57. The van der Waals surface area contributed by atoms with Crippen LogP contribution in [0.3, 0.4) is 0 Å². The van der Waals surface area contributed by atoms with E-state index in [2.05, 4.69) is 15.3 Å². The summed E-state index contributed by atoms with van der Waals surface area (Å²) >= 11 is 0. The van der Waals surface area contributed by atoms with Crippen LogP contribution in [-0.4, -0.2) is 27.6 Å². The molecule has 0 saturated carbocycles. The molecule has 2 aromatic rings. The number of benzene rings is 1. The molecule has 2 unspecified atom stereocenters. The molecule has 3 N–H and O–H groups in total. The SMILES string of the molecule is O=C(O)C1CNC(c2ccccc2-c2ncc[nH]2)C1. The smallest absolute Gasteiger partial charge is 0.307 e. The first-order chi connectivity index (χ1) is 9.25. The summed E-state index contributed by atoms with van der Waals surface area (Å²) in [5.74, 6) is -0.226. The van der Waals surface area contributed by atoms with Gasteiger partial charge in [-0.25, -0.2) is 4.98 Å². The maximum atomic E-state index is 11.0. The lowest BCUT2D eigenvalue weighted by Gasteiger charge is -2.14. The highest BCUT2D eigenvalue weighted by molar-refractivity contribution is 5.71. The first-order valence-electron chi connectivity index (χ1n) is 6.30. The summed E-state index contributed by atoms with van der Waals surface area (Å²) in [6.07, 6.45) is 4.12. The van der Waals surface area contributed by atoms with E-state index in [4.69, 9.17) is 5.11 Å². The second-order valence-corrected chi connectivity index (χ2v) is 4.76. The third kappa shape index (κ3) is 2.24. The number of H-pyrrole nitrogens is 1. The van der Waals surface area contributed by atoms with E-state index in [9.17, 15) is 4.79 Å². The zero-order valence-corrected chi connectivity index (χ0v) is 10.3. The van der Waals surface area contributed by atoms with Crippen LogP contribution in [0.15, 0.2) is 36.7 Å². The average Bonchev–Trinajstić information content (AvgIpc) is 3.10. The van der Waals surface area contributed by atoms with Crippen molar-refractivity contribution in [2.24, 2.45) is 5.92 Å². The number of hydrogen-bond donors (Lipinski definition) is 3. The minimum absolute atomic E-state index is 0.0717. The van der Waals surface area contributed by atoms with Gasteiger partial charge in [0.1, 0.15) is 5.82 Å². The summed E-state index contributed by atoms with van der Waals surface area (Å²) in [6.45, 7) is 0.520. The largest absolute Gasteiger partial charge is 0.481 e. The Balaban J connectivity index is 1.92. The molecular weight excluding hydrogens is 242 g/mol. The molecule has 1 aliphatic heterocycles. The molecule has 1 aromatic heterocycles. The van der Waals surface area contributed by atoms with Gasteiger partial charge in [-0.15, -0.1) is 0 Å². The van der Waals surface area contributed by atoms with Crippen molar-refractivity contribution in [1.29, 1.82) is 0 Å². The van der Waals surface area contributed by atoms with Gasteiger partial charge in [-0.3, -0.25) is 4.79 Å². The summed E-state index contributed by atoms with van der Waals surface area (Å²) in [7, 11) is 0. The van der Waals surface area contributed by atoms with E-state index in [-0.39, 0.29) is 12.0 Å². The highest BCUT2D eigenvalue weighted by Gasteiger charge is 2.31. The van der Waals surface area contributed by atoms with Crippen LogP contribution in [0.1, 0.15) is 18.0 Å². The number of aromatic amines is 1. The van der Waals surface area contributed by atoms with Gasteiger partial charge < -0.3 is 15.4 Å². The summed E-state index contributed by atoms with van der Waals surface area (Å²) in [5, 5.41) is 12.4. The summed E-state index contributed by atoms with van der Waals surface area (Å²) in [4.78, 5) is 18.4. The fourth-order valence-electron chi connectivity index (χ4n) is 2.59. The van der Waals surface area contributed by atoms with Gasteiger partial charge in [0.2, 0.25) is 0 Å². The fourth-order valence-corrected chi connectivity index (χ4v) is 2.59. The van der Waals surface area contributed by atoms with E-state index in [1.54, 1.807) is 12.4 Å². The van der Waals surface area contributed by atoms with Gasteiger partial charge in [-0.1, -0.05) is 24.3 Å². The predicted molar refractivity (Wildman–Crippen MR) is 70.5 cm³/mol. The number of carboxylic acid groups (broad SMARTS) is 1. The lowest BCUT2D eigenvalue weighted by molar-refractivity contribution is -0.141. The molecule has 0 amide bonds. The van der Waals surface area contributed by atoms with Crippen molar-refractivity contribution in [1.82, 2.24) is 15.3 Å². The van der Waals surface area contributed by atoms with Crippen LogP contribution in [0.4, 0.5) is 0 Å². The highest BCUT2D eigenvalue weighted by Crippen LogP contribution is 2.33. The molecular formula is C14H15N3O2. The molecule has 3 rings (SSSR count). The van der Waals surface area contributed by atoms with E-state index in [0.29, 0.717) is 13.0 Å². The van der Waals surface area contributed by atoms with Gasteiger partial charge >= 0.3 is 5.97 Å². The molecule has 0 bridgehead atoms. The van der Waals surface area contributed by atoms with Crippen LogP contribution in [0.25, 0.3) is 11.4 Å². The molecule has 2 atom stereocenters. The Kier molecular flexibility index (Phi) is 3.05. The van der Waals surface area contributed by atoms with E-state index >= 15 is 0 Å². The number of imidazole rings is 1. The van der Waals surface area contributed by atoms with Gasteiger partial charge in [-0.05, 0) is 12.0 Å². The number of hydrogen-bond acceptors (Lipinski definition) is 3. The lowest BCUT2D eigenvalue weighted by Crippen LogP contribution is -2.17. The Morgan fingerprint density at radius 2 is 2.21 bits per heavy atom. The van der Waals surface area contributed by atoms with E-state index in [1.165, 1.54) is 0 Å². The van der Waals surface area contributed by atoms with E-state index in [1.807, 2.05) is 24.3 Å². The number of nitrogens with zero attached hydrogens (tertiary/aromatic N) is 1. The van der Waals surface area contributed by atoms with Crippen LogP contribution in [0, 0.1) is 5.92 Å². The predicted octanol–water partition coefficient (Wildman–Crippen LogP) is 1.81. The second-order valence-electron chi connectivity index (χ2n) is 4.76. The maximum absolute atomic E-state index is 11.0. The monoisotopic (exact) mass is 257 g/mol. The number of aliphatic carboxylic acids is 1. The zero-order valence-electron chi connectivity index (χ0n) is 10.3. The Morgan fingerprint density at radius 3 is 2.89 bits per heavy atom. The lowest BCUT2D eigenvalue weighted by atomic mass is 9.96. The summed E-state index contributed by atoms with van der Waals surface area (Å²) in [6, 6.07) is 8.04. The fraction of sp³-hybridized carbons (Fsp3) is 0.286. The molecule has 1 aliphatic rings. The van der Waals surface area contributed by atoms with Gasteiger partial charge in [0.15, 0.2) is 0 Å². The average molecular weight is 257 g/mol. The Morgan fingerprint density at radius 1 is 1.37 bits per heavy atom. The van der Waals surface area contributed by atoms with Crippen molar-refractivity contribution >= 4 is 5.97 Å². The molecule has 0 radical (unpaired) electrons. The molecule has 19 heavy (non-hydrogen) atoms. The normalized spacial score (nSPS) is 22.5. The first-order valence-corrected chi connectivity index (χ1v) is 6.30. The molecule has 0 aliphatic carbocycles. The van der Waals surface area contributed by atoms with Crippen LogP contribution in [0.5, 0.6) is 0 Å². The molecule has 1 aromatic carbocycles. The topological polar surface area (TPSA) is 78.0 Å². The number of nitrogens with one attached hydrogen (secondary N) is 2. The van der Waals surface area contributed by atoms with Crippen LogP contribution < -0.4 is 5.32 Å². The molecule has 5 nitrogen and oxygen atoms in total. The zero-order chi connectivity index (χ0) is 13.2. The van der Waals surface area contributed by atoms with Crippen molar-refractivity contribution < 1.29 is 9.90 Å². The van der Waals surface area contributed by atoms with Gasteiger partial charge in [-0.2, -0.15) is 0 Å². The number of aromatic nitrogens is 2. The summed E-state index contributed by atoms with van der Waals surface area (Å²) in [5.41, 5.74) is 2.12. The number of carboxylic acids is 1. The van der Waals surface area contributed by atoms with Crippen molar-refractivity contribution in [3.05, 3.63) is 42.2 Å². The van der Waals surface area contributed by atoms with E-state index in [0.717, 1.165) is 17.0 Å². The Hall–Kier alpha value is -2.14. The van der Waals surface area contributed by atoms with Gasteiger partial charge in [0.05, 0.1) is 5.92 Å². The van der Waals surface area contributed by atoms with Crippen LogP contribution in [0.2, 0.25) is 0 Å². The molecule has 1 fully saturated rings. The van der Waals surface area contributed by atoms with Crippen LogP contribution >= 0.6 is 0 Å². The summed E-state index contributed by atoms with van der Waals surface area (Å²) < 4.78 is 0. The highest BCUT2D eigenvalue weighted by atomic mass is 16.4. The van der Waals surface area contributed by atoms with Crippen molar-refractivity contribution in [3.8, 4) is 11.4 Å². The van der Waals surface area contributed by atoms with Gasteiger partial charge in [0.25, 0.3) is 0 Å². The molecule has 2 heterocycles. The quantitative estimate of drug-likeness (QED) is 0.783. The minimum Gasteiger partial charge on any atom is -0.481 e. The third-order valence-corrected chi connectivity index (χ3v) is 3.57. The first kappa shape index (κ1) is 11.9.